The van der Waals surface area contributed by atoms with Crippen molar-refractivity contribution in [3.63, 3.8) is 0 Å². The Morgan fingerprint density at radius 3 is 2.22 bits per heavy atom. The molecular weight excluding hydrogens is 230 g/mol. The van der Waals surface area contributed by atoms with Gasteiger partial charge in [0.25, 0.3) is 0 Å². The van der Waals surface area contributed by atoms with Gasteiger partial charge < -0.3 is 19.5 Å². The lowest BCUT2D eigenvalue weighted by Crippen LogP contribution is -2.25. The van der Waals surface area contributed by atoms with Crippen LogP contribution in [0.5, 0.6) is 17.2 Å². The number of para-hydroxylation sites is 1. The van der Waals surface area contributed by atoms with Crippen LogP contribution in [0.3, 0.4) is 0 Å². The maximum Gasteiger partial charge on any atom is 0.203 e. The fourth-order valence-corrected chi connectivity index (χ4v) is 1.58. The van der Waals surface area contributed by atoms with Gasteiger partial charge in [-0.15, -0.1) is 0 Å². The van der Waals surface area contributed by atoms with E-state index in [4.69, 9.17) is 14.2 Å². The van der Waals surface area contributed by atoms with Gasteiger partial charge in [0.05, 0.1) is 14.2 Å². The molecule has 0 unspecified atom stereocenters. The normalized spacial score (nSPS) is 10.5. The first kappa shape index (κ1) is 14.6. The van der Waals surface area contributed by atoms with Crippen LogP contribution < -0.4 is 19.5 Å². The lowest BCUT2D eigenvalue weighted by molar-refractivity contribution is 0.272. The Morgan fingerprint density at radius 1 is 1.11 bits per heavy atom. The van der Waals surface area contributed by atoms with E-state index in [2.05, 4.69) is 19.2 Å². The monoisotopic (exact) mass is 253 g/mol. The zero-order valence-corrected chi connectivity index (χ0v) is 11.7. The summed E-state index contributed by atoms with van der Waals surface area (Å²) in [7, 11) is 3.25. The van der Waals surface area contributed by atoms with Gasteiger partial charge in [0.15, 0.2) is 11.5 Å². The molecule has 0 bridgehead atoms. The van der Waals surface area contributed by atoms with Crippen LogP contribution in [0.15, 0.2) is 18.2 Å². The van der Waals surface area contributed by atoms with Gasteiger partial charge >= 0.3 is 0 Å². The zero-order valence-electron chi connectivity index (χ0n) is 11.7. The molecule has 0 aliphatic rings. The molecule has 1 aromatic rings. The predicted molar refractivity (Wildman–Crippen MR) is 72.7 cm³/mol. The third kappa shape index (κ3) is 4.45. The summed E-state index contributed by atoms with van der Waals surface area (Å²) in [5.41, 5.74) is 0. The van der Waals surface area contributed by atoms with E-state index in [1.54, 1.807) is 14.2 Å². The van der Waals surface area contributed by atoms with E-state index in [0.717, 1.165) is 13.1 Å². The fraction of sp³-hybridized carbons (Fsp3) is 0.571. The van der Waals surface area contributed by atoms with Crippen molar-refractivity contribution >= 4 is 0 Å². The topological polar surface area (TPSA) is 39.7 Å². The summed E-state index contributed by atoms with van der Waals surface area (Å²) in [5, 5.41) is 3.32. The van der Waals surface area contributed by atoms with Crippen LogP contribution in [0.2, 0.25) is 0 Å². The Hall–Kier alpha value is -1.42. The Morgan fingerprint density at radius 2 is 1.72 bits per heavy atom. The van der Waals surface area contributed by atoms with E-state index in [1.165, 1.54) is 0 Å². The molecule has 0 fully saturated rings. The third-order valence-corrected chi connectivity index (χ3v) is 2.46. The molecule has 18 heavy (non-hydrogen) atoms. The number of hydrogen-bond acceptors (Lipinski definition) is 4. The molecule has 0 aliphatic heterocycles. The fourth-order valence-electron chi connectivity index (χ4n) is 1.58. The average Bonchev–Trinajstić information content (AvgIpc) is 2.37. The van der Waals surface area contributed by atoms with Crippen LogP contribution in [-0.4, -0.2) is 33.9 Å². The Labute approximate surface area is 109 Å². The number of nitrogens with one attached hydrogen (secondary N) is 1. The van der Waals surface area contributed by atoms with Gasteiger partial charge in [-0.1, -0.05) is 19.9 Å². The van der Waals surface area contributed by atoms with E-state index in [1.807, 2.05) is 18.2 Å². The Kier molecular flexibility index (Phi) is 6.36. The SMILES string of the molecule is COc1cccc(OC)c1OCCNCC(C)C. The molecule has 0 saturated heterocycles. The van der Waals surface area contributed by atoms with E-state index in [9.17, 15) is 0 Å². The van der Waals surface area contributed by atoms with Crippen LogP contribution in [-0.2, 0) is 0 Å². The molecule has 1 aromatic carbocycles. The summed E-state index contributed by atoms with van der Waals surface area (Å²) in [5.74, 6) is 2.69. The van der Waals surface area contributed by atoms with Crippen molar-refractivity contribution in [2.45, 2.75) is 13.8 Å². The summed E-state index contributed by atoms with van der Waals surface area (Å²) < 4.78 is 16.2. The lowest BCUT2D eigenvalue weighted by atomic mass is 10.2. The Balaban J connectivity index is 2.50. The number of methoxy groups -OCH3 is 2. The molecular formula is C14H23NO3. The molecule has 1 rings (SSSR count). The minimum absolute atomic E-state index is 0.587. The molecule has 0 radical (unpaired) electrons. The molecule has 0 aromatic heterocycles. The molecule has 4 heteroatoms. The van der Waals surface area contributed by atoms with E-state index >= 15 is 0 Å². The zero-order chi connectivity index (χ0) is 13.4. The first-order valence-corrected chi connectivity index (χ1v) is 6.23. The average molecular weight is 253 g/mol. The van der Waals surface area contributed by atoms with Gasteiger partial charge in [-0.05, 0) is 24.6 Å². The van der Waals surface area contributed by atoms with Crippen molar-refractivity contribution in [3.05, 3.63) is 18.2 Å². The molecule has 0 spiro atoms. The molecule has 0 heterocycles. The first-order valence-electron chi connectivity index (χ1n) is 6.23. The van der Waals surface area contributed by atoms with Crippen LogP contribution in [0.1, 0.15) is 13.8 Å². The minimum Gasteiger partial charge on any atom is -0.493 e. The number of rotatable bonds is 8. The predicted octanol–water partition coefficient (Wildman–Crippen LogP) is 2.33. The molecule has 102 valence electrons. The first-order chi connectivity index (χ1) is 8.69. The van der Waals surface area contributed by atoms with Crippen LogP contribution in [0.25, 0.3) is 0 Å². The quantitative estimate of drug-likeness (QED) is 0.722. The van der Waals surface area contributed by atoms with Crippen LogP contribution in [0, 0.1) is 5.92 Å². The maximum absolute atomic E-state index is 5.72. The number of benzene rings is 1. The van der Waals surface area contributed by atoms with Crippen molar-refractivity contribution in [1.29, 1.82) is 0 Å². The third-order valence-electron chi connectivity index (χ3n) is 2.46. The lowest BCUT2D eigenvalue weighted by Gasteiger charge is -2.14. The Bertz CT molecular complexity index is 331. The van der Waals surface area contributed by atoms with Gasteiger partial charge in [0.1, 0.15) is 6.61 Å². The highest BCUT2D eigenvalue weighted by molar-refractivity contribution is 5.51. The standard InChI is InChI=1S/C14H23NO3/c1-11(2)10-15-8-9-18-14-12(16-3)6-5-7-13(14)17-4/h5-7,11,15H,8-10H2,1-4H3. The maximum atomic E-state index is 5.72. The molecule has 0 saturated carbocycles. The van der Waals surface area contributed by atoms with Crippen molar-refractivity contribution < 1.29 is 14.2 Å². The second-order valence-electron chi connectivity index (χ2n) is 4.44. The van der Waals surface area contributed by atoms with E-state index < -0.39 is 0 Å². The van der Waals surface area contributed by atoms with Crippen LogP contribution >= 0.6 is 0 Å². The summed E-state index contributed by atoms with van der Waals surface area (Å²) >= 11 is 0. The van der Waals surface area contributed by atoms with Gasteiger partial charge in [0, 0.05) is 6.54 Å². The summed E-state index contributed by atoms with van der Waals surface area (Å²) in [4.78, 5) is 0. The van der Waals surface area contributed by atoms with Gasteiger partial charge in [-0.25, -0.2) is 0 Å². The summed E-state index contributed by atoms with van der Waals surface area (Å²) in [6.45, 7) is 6.74. The second kappa shape index (κ2) is 7.82. The molecule has 1 N–H and O–H groups in total. The second-order valence-corrected chi connectivity index (χ2v) is 4.44. The minimum atomic E-state index is 0.587. The van der Waals surface area contributed by atoms with Crippen molar-refractivity contribution in [1.82, 2.24) is 5.32 Å². The van der Waals surface area contributed by atoms with Crippen molar-refractivity contribution in [3.8, 4) is 17.2 Å². The number of ether oxygens (including phenoxy) is 3. The summed E-state index contributed by atoms with van der Waals surface area (Å²) in [6, 6.07) is 5.60. The number of hydrogen-bond donors (Lipinski definition) is 1. The molecule has 0 atom stereocenters. The van der Waals surface area contributed by atoms with Crippen LogP contribution in [0.4, 0.5) is 0 Å². The van der Waals surface area contributed by atoms with Gasteiger partial charge in [0.2, 0.25) is 5.75 Å². The highest BCUT2D eigenvalue weighted by Crippen LogP contribution is 2.36. The highest BCUT2D eigenvalue weighted by Gasteiger charge is 2.10. The van der Waals surface area contributed by atoms with Crippen molar-refractivity contribution in [2.24, 2.45) is 5.92 Å². The van der Waals surface area contributed by atoms with E-state index in [-0.39, 0.29) is 0 Å². The largest absolute Gasteiger partial charge is 0.493 e. The smallest absolute Gasteiger partial charge is 0.203 e. The summed E-state index contributed by atoms with van der Waals surface area (Å²) in [6.07, 6.45) is 0. The van der Waals surface area contributed by atoms with Gasteiger partial charge in [-0.3, -0.25) is 0 Å². The van der Waals surface area contributed by atoms with E-state index in [0.29, 0.717) is 29.8 Å². The van der Waals surface area contributed by atoms with Gasteiger partial charge in [-0.2, -0.15) is 0 Å². The molecule has 0 aliphatic carbocycles. The molecule has 0 amide bonds. The highest BCUT2D eigenvalue weighted by atomic mass is 16.5. The van der Waals surface area contributed by atoms with Crippen molar-refractivity contribution in [2.75, 3.05) is 33.9 Å². The molecule has 4 nitrogen and oxygen atoms in total.